The Labute approximate surface area is 114 Å². The first kappa shape index (κ1) is 13.1. The number of rotatable bonds is 4. The second-order valence-electron chi connectivity index (χ2n) is 3.96. The minimum absolute atomic E-state index is 0.200. The number of benzene rings is 1. The summed E-state index contributed by atoms with van der Waals surface area (Å²) in [6.07, 6.45) is 0. The Balaban J connectivity index is 2.13. The van der Waals surface area contributed by atoms with Crippen molar-refractivity contribution in [1.29, 1.82) is 5.26 Å². The number of hydrogen-bond donors (Lipinski definition) is 1. The molecular weight excluding hydrogens is 262 g/mol. The van der Waals surface area contributed by atoms with E-state index in [9.17, 15) is 4.79 Å². The monoisotopic (exact) mass is 273 g/mol. The normalized spacial score (nSPS) is 9.89. The van der Waals surface area contributed by atoms with Gasteiger partial charge in [0.25, 0.3) is 0 Å². The van der Waals surface area contributed by atoms with Crippen molar-refractivity contribution in [3.63, 3.8) is 0 Å². The Morgan fingerprint density at radius 2 is 2.26 bits per heavy atom. The van der Waals surface area contributed by atoms with Gasteiger partial charge in [0.1, 0.15) is 12.4 Å². The maximum atomic E-state index is 10.9. The molecule has 0 bridgehead atoms. The van der Waals surface area contributed by atoms with Gasteiger partial charge in [-0.1, -0.05) is 6.07 Å². The lowest BCUT2D eigenvalue weighted by Crippen LogP contribution is -2.01. The van der Waals surface area contributed by atoms with Crippen molar-refractivity contribution >= 4 is 17.3 Å². The van der Waals surface area contributed by atoms with E-state index >= 15 is 0 Å². The van der Waals surface area contributed by atoms with Gasteiger partial charge in [-0.05, 0) is 41.6 Å². The Hall–Kier alpha value is -2.32. The lowest BCUT2D eigenvalue weighted by Gasteiger charge is -2.08. The third-order valence-corrected chi connectivity index (χ3v) is 3.56. The van der Waals surface area contributed by atoms with Gasteiger partial charge in [0, 0.05) is 0 Å². The SMILES string of the molecule is Cc1cc(C#N)ccc1COc1ccsc1C(=O)O. The van der Waals surface area contributed by atoms with Gasteiger partial charge in [0.2, 0.25) is 0 Å². The lowest BCUT2D eigenvalue weighted by atomic mass is 10.1. The summed E-state index contributed by atoms with van der Waals surface area (Å²) < 4.78 is 5.53. The van der Waals surface area contributed by atoms with Crippen LogP contribution in [0, 0.1) is 18.3 Å². The van der Waals surface area contributed by atoms with E-state index in [2.05, 4.69) is 6.07 Å². The topological polar surface area (TPSA) is 70.3 Å². The van der Waals surface area contributed by atoms with Gasteiger partial charge in [-0.3, -0.25) is 0 Å². The summed E-state index contributed by atoms with van der Waals surface area (Å²) in [7, 11) is 0. The van der Waals surface area contributed by atoms with Crippen molar-refractivity contribution in [3.05, 3.63) is 51.2 Å². The number of thiophene rings is 1. The molecule has 1 aromatic heterocycles. The summed E-state index contributed by atoms with van der Waals surface area (Å²) in [5.41, 5.74) is 2.48. The largest absolute Gasteiger partial charge is 0.487 e. The summed E-state index contributed by atoms with van der Waals surface area (Å²) in [4.78, 5) is 11.1. The first-order valence-electron chi connectivity index (χ1n) is 5.55. The third kappa shape index (κ3) is 2.92. The molecule has 0 aliphatic carbocycles. The molecule has 1 heterocycles. The van der Waals surface area contributed by atoms with Crippen molar-refractivity contribution in [1.82, 2.24) is 0 Å². The predicted octanol–water partition coefficient (Wildman–Crippen LogP) is 3.21. The number of ether oxygens (including phenoxy) is 1. The lowest BCUT2D eigenvalue weighted by molar-refractivity contribution is 0.0697. The number of aryl methyl sites for hydroxylation is 1. The second kappa shape index (κ2) is 5.55. The molecule has 5 heteroatoms. The first-order valence-corrected chi connectivity index (χ1v) is 6.43. The highest BCUT2D eigenvalue weighted by atomic mass is 32.1. The Bertz CT molecular complexity index is 655. The number of carbonyl (C=O) groups is 1. The van der Waals surface area contributed by atoms with E-state index < -0.39 is 5.97 Å². The quantitative estimate of drug-likeness (QED) is 0.928. The van der Waals surface area contributed by atoms with Crippen molar-refractivity contribution in [2.24, 2.45) is 0 Å². The number of aromatic carboxylic acids is 1. The fourth-order valence-electron chi connectivity index (χ4n) is 1.65. The molecule has 96 valence electrons. The molecule has 1 N–H and O–H groups in total. The van der Waals surface area contributed by atoms with Crippen LogP contribution in [0.1, 0.15) is 26.4 Å². The summed E-state index contributed by atoms with van der Waals surface area (Å²) in [5.74, 6) is -0.609. The third-order valence-electron chi connectivity index (χ3n) is 2.68. The minimum Gasteiger partial charge on any atom is -0.487 e. The Morgan fingerprint density at radius 3 is 2.89 bits per heavy atom. The van der Waals surface area contributed by atoms with Crippen molar-refractivity contribution in [2.75, 3.05) is 0 Å². The van der Waals surface area contributed by atoms with Gasteiger partial charge in [0.05, 0.1) is 11.6 Å². The molecular formula is C14H11NO3S. The first-order chi connectivity index (χ1) is 9.11. The average Bonchev–Trinajstić information content (AvgIpc) is 2.85. The van der Waals surface area contributed by atoms with Gasteiger partial charge in [-0.2, -0.15) is 5.26 Å². The maximum Gasteiger partial charge on any atom is 0.349 e. The number of carboxylic acids is 1. The summed E-state index contributed by atoms with van der Waals surface area (Å²) in [6.45, 7) is 2.18. The van der Waals surface area contributed by atoms with Crippen molar-refractivity contribution in [3.8, 4) is 11.8 Å². The number of hydrogen-bond acceptors (Lipinski definition) is 4. The highest BCUT2D eigenvalue weighted by Crippen LogP contribution is 2.26. The number of carboxylic acid groups (broad SMARTS) is 1. The fourth-order valence-corrected chi connectivity index (χ4v) is 2.32. The Morgan fingerprint density at radius 1 is 1.47 bits per heavy atom. The molecule has 0 unspecified atom stereocenters. The van der Waals surface area contributed by atoms with Crippen LogP contribution in [0.2, 0.25) is 0 Å². The Kier molecular flexibility index (Phi) is 3.83. The van der Waals surface area contributed by atoms with Crippen molar-refractivity contribution < 1.29 is 14.6 Å². The van der Waals surface area contributed by atoms with Crippen LogP contribution in [0.4, 0.5) is 0 Å². The molecule has 2 rings (SSSR count). The van der Waals surface area contributed by atoms with Gasteiger partial charge >= 0.3 is 5.97 Å². The zero-order valence-electron chi connectivity index (χ0n) is 10.2. The fraction of sp³-hybridized carbons (Fsp3) is 0.143. The van der Waals surface area contributed by atoms with Crippen LogP contribution >= 0.6 is 11.3 Å². The van der Waals surface area contributed by atoms with E-state index in [1.54, 1.807) is 23.6 Å². The molecule has 0 saturated carbocycles. The molecule has 0 spiro atoms. The van der Waals surface area contributed by atoms with Gasteiger partial charge in [-0.25, -0.2) is 4.79 Å². The molecule has 0 radical (unpaired) electrons. The van der Waals surface area contributed by atoms with E-state index in [4.69, 9.17) is 15.1 Å². The van der Waals surface area contributed by atoms with Gasteiger partial charge in [0.15, 0.2) is 4.88 Å². The molecule has 19 heavy (non-hydrogen) atoms. The molecule has 0 aliphatic heterocycles. The molecule has 0 fully saturated rings. The highest BCUT2D eigenvalue weighted by Gasteiger charge is 2.13. The van der Waals surface area contributed by atoms with Crippen LogP contribution in [-0.2, 0) is 6.61 Å². The van der Waals surface area contributed by atoms with Gasteiger partial charge < -0.3 is 9.84 Å². The highest BCUT2D eigenvalue weighted by molar-refractivity contribution is 7.12. The molecule has 0 saturated heterocycles. The number of nitriles is 1. The zero-order chi connectivity index (χ0) is 13.8. The van der Waals surface area contributed by atoms with Crippen LogP contribution in [0.15, 0.2) is 29.6 Å². The molecule has 2 aromatic rings. The number of nitrogens with zero attached hydrogens (tertiary/aromatic N) is 1. The van der Waals surface area contributed by atoms with Crippen LogP contribution in [-0.4, -0.2) is 11.1 Å². The summed E-state index contributed by atoms with van der Waals surface area (Å²) >= 11 is 1.14. The summed E-state index contributed by atoms with van der Waals surface area (Å²) in [5, 5.41) is 19.4. The molecule has 0 amide bonds. The average molecular weight is 273 g/mol. The van der Waals surface area contributed by atoms with E-state index in [-0.39, 0.29) is 11.5 Å². The molecule has 1 aromatic carbocycles. The minimum atomic E-state index is -0.985. The molecule has 4 nitrogen and oxygen atoms in total. The van der Waals surface area contributed by atoms with Crippen molar-refractivity contribution in [2.45, 2.75) is 13.5 Å². The van der Waals surface area contributed by atoms with Crippen LogP contribution in [0.25, 0.3) is 0 Å². The van der Waals surface area contributed by atoms with Crippen LogP contribution < -0.4 is 4.74 Å². The van der Waals surface area contributed by atoms with E-state index in [0.29, 0.717) is 11.3 Å². The maximum absolute atomic E-state index is 10.9. The van der Waals surface area contributed by atoms with E-state index in [1.807, 2.05) is 13.0 Å². The standard InChI is InChI=1S/C14H11NO3S/c1-9-6-10(7-15)2-3-11(9)8-18-12-4-5-19-13(12)14(16)17/h2-6H,8H2,1H3,(H,16,17). The smallest absolute Gasteiger partial charge is 0.349 e. The predicted molar refractivity (Wildman–Crippen MR) is 71.5 cm³/mol. The zero-order valence-corrected chi connectivity index (χ0v) is 11.0. The second-order valence-corrected chi connectivity index (χ2v) is 4.88. The van der Waals surface area contributed by atoms with E-state index in [0.717, 1.165) is 22.5 Å². The molecule has 0 aliphatic rings. The van der Waals surface area contributed by atoms with E-state index in [1.165, 1.54) is 0 Å². The van der Waals surface area contributed by atoms with Gasteiger partial charge in [-0.15, -0.1) is 11.3 Å². The molecule has 0 atom stereocenters. The van der Waals surface area contributed by atoms with Crippen LogP contribution in [0.3, 0.4) is 0 Å². The van der Waals surface area contributed by atoms with Crippen LogP contribution in [0.5, 0.6) is 5.75 Å². The summed E-state index contributed by atoms with van der Waals surface area (Å²) in [6, 6.07) is 9.04.